The van der Waals surface area contributed by atoms with Gasteiger partial charge in [0.2, 0.25) is 5.91 Å². The lowest BCUT2D eigenvalue weighted by atomic mass is 9.68. The SMILES string of the molecule is CN(C)c1nc(C/C=C/C2CCC(CNC(=O)C3C[C@@H](c4ccccc4)CC[C@H]3C(O)c3ccccc3)CC2)nc2ccccc12. The Morgan fingerprint density at radius 2 is 1.59 bits per heavy atom. The Hall–Kier alpha value is -4.03. The van der Waals surface area contributed by atoms with Crippen LogP contribution in [0.4, 0.5) is 5.82 Å². The predicted molar refractivity (Wildman–Crippen MR) is 187 cm³/mol. The minimum atomic E-state index is -0.634. The number of carbonyl (C=O) groups is 1. The molecule has 6 rings (SSSR count). The van der Waals surface area contributed by atoms with Crippen LogP contribution in [0.1, 0.15) is 73.9 Å². The number of hydrogen-bond acceptors (Lipinski definition) is 5. The molecule has 46 heavy (non-hydrogen) atoms. The summed E-state index contributed by atoms with van der Waals surface area (Å²) in [6, 6.07) is 28.6. The summed E-state index contributed by atoms with van der Waals surface area (Å²) in [5.41, 5.74) is 3.18. The van der Waals surface area contributed by atoms with Gasteiger partial charge in [-0.25, -0.2) is 9.97 Å². The highest BCUT2D eigenvalue weighted by Crippen LogP contribution is 2.45. The quantitative estimate of drug-likeness (QED) is 0.179. The summed E-state index contributed by atoms with van der Waals surface area (Å²) >= 11 is 0. The van der Waals surface area contributed by atoms with E-state index in [0.29, 0.717) is 24.3 Å². The summed E-state index contributed by atoms with van der Waals surface area (Å²) in [6.07, 6.45) is 11.8. The number of nitrogens with one attached hydrogen (secondary N) is 1. The molecular formula is C40H48N4O2. The van der Waals surface area contributed by atoms with Gasteiger partial charge in [0, 0.05) is 44.3 Å². The van der Waals surface area contributed by atoms with E-state index in [2.05, 4.69) is 58.8 Å². The average Bonchev–Trinajstić information content (AvgIpc) is 3.11. The van der Waals surface area contributed by atoms with Crippen molar-refractivity contribution >= 4 is 22.6 Å². The highest BCUT2D eigenvalue weighted by Gasteiger charge is 2.40. The molecule has 4 atom stereocenters. The van der Waals surface area contributed by atoms with E-state index in [0.717, 1.165) is 79.5 Å². The van der Waals surface area contributed by atoms with Crippen molar-refractivity contribution in [3.8, 4) is 0 Å². The Balaban J connectivity index is 1.03. The number of allylic oxidation sites excluding steroid dienone is 2. The van der Waals surface area contributed by atoms with Crippen LogP contribution in [0.2, 0.25) is 0 Å². The molecule has 0 radical (unpaired) electrons. The van der Waals surface area contributed by atoms with Crippen LogP contribution in [-0.2, 0) is 11.2 Å². The molecule has 2 saturated carbocycles. The summed E-state index contributed by atoms with van der Waals surface area (Å²) in [5.74, 6) is 3.01. The Kier molecular flexibility index (Phi) is 10.4. The first-order valence-electron chi connectivity index (χ1n) is 17.1. The third kappa shape index (κ3) is 7.67. The van der Waals surface area contributed by atoms with E-state index in [4.69, 9.17) is 9.97 Å². The molecule has 1 amide bonds. The smallest absolute Gasteiger partial charge is 0.223 e. The number of amides is 1. The Labute approximate surface area is 274 Å². The van der Waals surface area contributed by atoms with Gasteiger partial charge in [-0.2, -0.15) is 0 Å². The van der Waals surface area contributed by atoms with Gasteiger partial charge in [-0.05, 0) is 86.0 Å². The molecule has 3 aromatic carbocycles. The van der Waals surface area contributed by atoms with Gasteiger partial charge in [0.25, 0.3) is 0 Å². The lowest BCUT2D eigenvalue weighted by Gasteiger charge is -2.38. The maximum atomic E-state index is 13.8. The van der Waals surface area contributed by atoms with E-state index in [9.17, 15) is 9.90 Å². The number of hydrogen-bond donors (Lipinski definition) is 2. The van der Waals surface area contributed by atoms with Crippen LogP contribution in [0.25, 0.3) is 10.9 Å². The second-order valence-electron chi connectivity index (χ2n) is 13.6. The zero-order valence-corrected chi connectivity index (χ0v) is 27.3. The molecule has 0 spiro atoms. The number of aliphatic hydroxyl groups is 1. The van der Waals surface area contributed by atoms with Crippen LogP contribution in [0.3, 0.4) is 0 Å². The Bertz CT molecular complexity index is 1600. The normalized spacial score (nSPS) is 24.1. The fourth-order valence-corrected chi connectivity index (χ4v) is 7.66. The number of nitrogens with zero attached hydrogens (tertiary/aromatic N) is 3. The van der Waals surface area contributed by atoms with Crippen molar-refractivity contribution in [3.05, 3.63) is 114 Å². The lowest BCUT2D eigenvalue weighted by Crippen LogP contribution is -2.42. The average molecular weight is 617 g/mol. The molecule has 6 nitrogen and oxygen atoms in total. The first kappa shape index (κ1) is 31.9. The number of para-hydroxylation sites is 1. The van der Waals surface area contributed by atoms with Crippen molar-refractivity contribution in [3.63, 3.8) is 0 Å². The molecule has 2 aliphatic carbocycles. The van der Waals surface area contributed by atoms with E-state index in [1.807, 2.05) is 62.6 Å². The second-order valence-corrected chi connectivity index (χ2v) is 13.6. The van der Waals surface area contributed by atoms with Gasteiger partial charge in [-0.1, -0.05) is 84.9 Å². The summed E-state index contributed by atoms with van der Waals surface area (Å²) in [7, 11) is 4.05. The molecule has 2 aliphatic rings. The zero-order valence-electron chi connectivity index (χ0n) is 27.3. The predicted octanol–water partition coefficient (Wildman–Crippen LogP) is 7.65. The summed E-state index contributed by atoms with van der Waals surface area (Å²) in [6.45, 7) is 0.716. The molecule has 2 N–H and O–H groups in total. The van der Waals surface area contributed by atoms with Gasteiger partial charge in [-0.3, -0.25) is 4.79 Å². The topological polar surface area (TPSA) is 78.4 Å². The number of carbonyl (C=O) groups excluding carboxylic acids is 1. The summed E-state index contributed by atoms with van der Waals surface area (Å²) in [5, 5.41) is 15.8. The maximum Gasteiger partial charge on any atom is 0.223 e. The first-order chi connectivity index (χ1) is 22.5. The van der Waals surface area contributed by atoms with Crippen LogP contribution in [0.15, 0.2) is 97.1 Å². The number of aliphatic hydroxyl groups excluding tert-OH is 1. The number of rotatable bonds is 10. The van der Waals surface area contributed by atoms with Gasteiger partial charge in [0.05, 0.1) is 11.6 Å². The van der Waals surface area contributed by atoms with Gasteiger partial charge >= 0.3 is 0 Å². The van der Waals surface area contributed by atoms with Gasteiger partial charge in [0.15, 0.2) is 0 Å². The molecule has 0 saturated heterocycles. The van der Waals surface area contributed by atoms with Crippen molar-refractivity contribution < 1.29 is 9.90 Å². The molecule has 0 aliphatic heterocycles. The molecule has 1 heterocycles. The van der Waals surface area contributed by atoms with Gasteiger partial charge in [-0.15, -0.1) is 0 Å². The van der Waals surface area contributed by atoms with Crippen LogP contribution in [0, 0.1) is 23.7 Å². The molecule has 240 valence electrons. The van der Waals surface area contributed by atoms with E-state index in [1.165, 1.54) is 5.56 Å². The van der Waals surface area contributed by atoms with Crippen LogP contribution in [-0.4, -0.2) is 41.6 Å². The minimum absolute atomic E-state index is 0.0800. The molecule has 0 bridgehead atoms. The van der Waals surface area contributed by atoms with Crippen molar-refractivity contribution in [1.29, 1.82) is 0 Å². The number of fused-ring (bicyclic) bond motifs is 1. The van der Waals surface area contributed by atoms with Crippen LogP contribution < -0.4 is 10.2 Å². The van der Waals surface area contributed by atoms with Crippen molar-refractivity contribution in [2.45, 2.75) is 63.4 Å². The Morgan fingerprint density at radius 1 is 0.891 bits per heavy atom. The van der Waals surface area contributed by atoms with E-state index >= 15 is 0 Å². The molecule has 2 unspecified atom stereocenters. The largest absolute Gasteiger partial charge is 0.388 e. The van der Waals surface area contributed by atoms with Crippen LogP contribution in [0.5, 0.6) is 0 Å². The van der Waals surface area contributed by atoms with Crippen molar-refractivity contribution in [1.82, 2.24) is 15.3 Å². The second kappa shape index (κ2) is 15.0. The first-order valence-corrected chi connectivity index (χ1v) is 17.1. The van der Waals surface area contributed by atoms with E-state index in [1.54, 1.807) is 0 Å². The Morgan fingerprint density at radius 3 is 2.33 bits per heavy atom. The van der Waals surface area contributed by atoms with Crippen molar-refractivity contribution in [2.75, 3.05) is 25.5 Å². The van der Waals surface area contributed by atoms with E-state index in [-0.39, 0.29) is 17.7 Å². The monoisotopic (exact) mass is 616 g/mol. The third-order valence-electron chi connectivity index (χ3n) is 10.3. The standard InChI is InChI=1S/C40H48N4O2/c1-44(2)39-34-17-9-10-18-36(34)42-37(43-39)19-11-12-28-20-22-29(23-21-28)27-41-40(46)35-26-32(30-13-5-3-6-14-30)24-25-33(35)38(45)31-15-7-4-8-16-31/h3-18,28-29,32-33,35,38,45H,19-27H2,1-2H3,(H,41,46)/b12-11+/t28?,29?,32-,33+,35?,38?/m0/s1. The van der Waals surface area contributed by atoms with E-state index < -0.39 is 6.10 Å². The fraction of sp³-hybridized carbons (Fsp3) is 0.425. The molecule has 1 aromatic heterocycles. The number of aromatic nitrogens is 2. The summed E-state index contributed by atoms with van der Waals surface area (Å²) in [4.78, 5) is 25.5. The molecule has 6 heteroatoms. The van der Waals surface area contributed by atoms with Crippen LogP contribution >= 0.6 is 0 Å². The lowest BCUT2D eigenvalue weighted by molar-refractivity contribution is -0.130. The highest BCUT2D eigenvalue weighted by molar-refractivity contribution is 5.89. The minimum Gasteiger partial charge on any atom is -0.388 e. The molecule has 2 fully saturated rings. The fourth-order valence-electron chi connectivity index (χ4n) is 7.66. The maximum absolute atomic E-state index is 13.8. The molecule has 4 aromatic rings. The highest BCUT2D eigenvalue weighted by atomic mass is 16.3. The van der Waals surface area contributed by atoms with Gasteiger partial charge < -0.3 is 15.3 Å². The zero-order chi connectivity index (χ0) is 31.9. The molecular weight excluding hydrogens is 568 g/mol. The van der Waals surface area contributed by atoms with Gasteiger partial charge in [0.1, 0.15) is 11.6 Å². The third-order valence-corrected chi connectivity index (χ3v) is 10.3. The number of benzene rings is 3. The van der Waals surface area contributed by atoms with Crippen molar-refractivity contribution in [2.24, 2.45) is 23.7 Å². The number of anilines is 1. The summed E-state index contributed by atoms with van der Waals surface area (Å²) < 4.78 is 0.